The minimum Gasteiger partial charge on any atom is -0.508 e. The number of aromatic hydroxyl groups is 1. The number of carbonyl (C=O) groups excluding carboxylic acids is 1. The normalized spacial score (nSPS) is 11.6. The number of carbonyl (C=O) groups is 1. The molecule has 0 aromatic heterocycles. The SMILES string of the molecule is COC(=O)/C=C(/c1ccc(O)cc1)C(C)C. The number of phenols is 1. The first-order valence-corrected chi connectivity index (χ1v) is 5.13. The van der Waals surface area contributed by atoms with Gasteiger partial charge in [0.15, 0.2) is 0 Å². The van der Waals surface area contributed by atoms with Gasteiger partial charge < -0.3 is 9.84 Å². The van der Waals surface area contributed by atoms with Gasteiger partial charge in [-0.1, -0.05) is 26.0 Å². The number of hydrogen-bond acceptors (Lipinski definition) is 3. The monoisotopic (exact) mass is 220 g/mol. The summed E-state index contributed by atoms with van der Waals surface area (Å²) < 4.78 is 4.61. The summed E-state index contributed by atoms with van der Waals surface area (Å²) in [6.45, 7) is 4.00. The van der Waals surface area contributed by atoms with Crippen molar-refractivity contribution in [2.75, 3.05) is 7.11 Å². The Morgan fingerprint density at radius 1 is 1.31 bits per heavy atom. The number of ether oxygens (including phenoxy) is 1. The molecule has 1 N–H and O–H groups in total. The summed E-state index contributed by atoms with van der Waals surface area (Å²) in [6.07, 6.45) is 1.48. The molecule has 16 heavy (non-hydrogen) atoms. The summed E-state index contributed by atoms with van der Waals surface area (Å²) in [4.78, 5) is 11.2. The lowest BCUT2D eigenvalue weighted by molar-refractivity contribution is -0.134. The molecule has 0 saturated heterocycles. The molecule has 0 saturated carbocycles. The van der Waals surface area contributed by atoms with Crippen molar-refractivity contribution in [1.82, 2.24) is 0 Å². The first-order chi connectivity index (χ1) is 7.54. The van der Waals surface area contributed by atoms with E-state index in [2.05, 4.69) is 4.74 Å². The summed E-state index contributed by atoms with van der Waals surface area (Å²) in [5, 5.41) is 9.19. The van der Waals surface area contributed by atoms with E-state index in [9.17, 15) is 9.90 Å². The smallest absolute Gasteiger partial charge is 0.330 e. The van der Waals surface area contributed by atoms with Crippen LogP contribution in [0.25, 0.3) is 5.57 Å². The van der Waals surface area contributed by atoms with E-state index < -0.39 is 0 Å². The van der Waals surface area contributed by atoms with Crippen molar-refractivity contribution < 1.29 is 14.6 Å². The van der Waals surface area contributed by atoms with Gasteiger partial charge in [0.05, 0.1) is 7.11 Å². The van der Waals surface area contributed by atoms with E-state index in [1.165, 1.54) is 13.2 Å². The number of rotatable bonds is 3. The van der Waals surface area contributed by atoms with Gasteiger partial charge in [-0.25, -0.2) is 4.79 Å². The quantitative estimate of drug-likeness (QED) is 0.629. The highest BCUT2D eigenvalue weighted by Crippen LogP contribution is 2.24. The lowest BCUT2D eigenvalue weighted by Gasteiger charge is -2.11. The Morgan fingerprint density at radius 2 is 1.88 bits per heavy atom. The van der Waals surface area contributed by atoms with Crippen molar-refractivity contribution in [1.29, 1.82) is 0 Å². The third-order valence-corrected chi connectivity index (χ3v) is 2.30. The van der Waals surface area contributed by atoms with E-state index >= 15 is 0 Å². The second-order valence-electron chi connectivity index (χ2n) is 3.82. The first kappa shape index (κ1) is 12.3. The van der Waals surface area contributed by atoms with Crippen LogP contribution in [-0.2, 0) is 9.53 Å². The third kappa shape index (κ3) is 3.12. The van der Waals surface area contributed by atoms with Crippen molar-refractivity contribution in [2.45, 2.75) is 13.8 Å². The van der Waals surface area contributed by atoms with Gasteiger partial charge >= 0.3 is 5.97 Å². The van der Waals surface area contributed by atoms with E-state index in [-0.39, 0.29) is 17.6 Å². The molecule has 0 aliphatic rings. The summed E-state index contributed by atoms with van der Waals surface area (Å²) in [6, 6.07) is 6.76. The molecule has 0 aliphatic heterocycles. The predicted molar refractivity (Wildman–Crippen MR) is 62.9 cm³/mol. The number of esters is 1. The third-order valence-electron chi connectivity index (χ3n) is 2.30. The van der Waals surface area contributed by atoms with E-state index in [1.807, 2.05) is 13.8 Å². The summed E-state index contributed by atoms with van der Waals surface area (Å²) in [7, 11) is 1.35. The number of allylic oxidation sites excluding steroid dienone is 1. The Balaban J connectivity index is 3.08. The number of benzene rings is 1. The molecule has 0 spiro atoms. The maximum absolute atomic E-state index is 11.2. The van der Waals surface area contributed by atoms with Crippen LogP contribution in [0.1, 0.15) is 19.4 Å². The molecule has 0 aliphatic carbocycles. The summed E-state index contributed by atoms with van der Waals surface area (Å²) >= 11 is 0. The highest BCUT2D eigenvalue weighted by Gasteiger charge is 2.09. The zero-order valence-corrected chi connectivity index (χ0v) is 9.73. The number of phenolic OH excluding ortho intramolecular Hbond substituents is 1. The zero-order chi connectivity index (χ0) is 12.1. The molecule has 1 aromatic rings. The first-order valence-electron chi connectivity index (χ1n) is 5.13. The van der Waals surface area contributed by atoms with Crippen molar-refractivity contribution >= 4 is 11.5 Å². The van der Waals surface area contributed by atoms with Crippen LogP contribution in [0.15, 0.2) is 30.3 Å². The Kier molecular flexibility index (Phi) is 4.11. The fourth-order valence-corrected chi connectivity index (χ4v) is 1.42. The largest absolute Gasteiger partial charge is 0.508 e. The van der Waals surface area contributed by atoms with Crippen molar-refractivity contribution in [3.8, 4) is 5.75 Å². The average Bonchev–Trinajstić information content (AvgIpc) is 2.26. The van der Waals surface area contributed by atoms with Crippen LogP contribution >= 0.6 is 0 Å². The van der Waals surface area contributed by atoms with Crippen LogP contribution in [0.2, 0.25) is 0 Å². The van der Waals surface area contributed by atoms with Crippen LogP contribution in [0, 0.1) is 5.92 Å². The average molecular weight is 220 g/mol. The molecular formula is C13H16O3. The van der Waals surface area contributed by atoms with Crippen molar-refractivity contribution in [3.63, 3.8) is 0 Å². The highest BCUT2D eigenvalue weighted by atomic mass is 16.5. The molecule has 0 atom stereocenters. The molecule has 0 bridgehead atoms. The van der Waals surface area contributed by atoms with E-state index in [0.717, 1.165) is 11.1 Å². The molecule has 3 heteroatoms. The minimum atomic E-state index is -0.364. The van der Waals surface area contributed by atoms with Crippen LogP contribution in [0.5, 0.6) is 5.75 Å². The topological polar surface area (TPSA) is 46.5 Å². The molecule has 0 radical (unpaired) electrons. The Bertz CT molecular complexity index is 388. The minimum absolute atomic E-state index is 0.212. The molecular weight excluding hydrogens is 204 g/mol. The second kappa shape index (κ2) is 5.35. The van der Waals surface area contributed by atoms with Gasteiger partial charge in [0, 0.05) is 6.08 Å². The highest BCUT2D eigenvalue weighted by molar-refractivity contribution is 5.91. The standard InChI is InChI=1S/C13H16O3/c1-9(2)12(8-13(15)16-3)10-4-6-11(14)7-5-10/h4-9,14H,1-3H3/b12-8+. The second-order valence-corrected chi connectivity index (χ2v) is 3.82. The fourth-order valence-electron chi connectivity index (χ4n) is 1.42. The molecule has 86 valence electrons. The molecule has 0 amide bonds. The van der Waals surface area contributed by atoms with Crippen molar-refractivity contribution in [2.24, 2.45) is 5.92 Å². The lowest BCUT2D eigenvalue weighted by atomic mass is 9.95. The van der Waals surface area contributed by atoms with Crippen molar-refractivity contribution in [3.05, 3.63) is 35.9 Å². The fraction of sp³-hybridized carbons (Fsp3) is 0.308. The van der Waals surface area contributed by atoms with Crippen LogP contribution in [0.4, 0.5) is 0 Å². The molecule has 3 nitrogen and oxygen atoms in total. The van der Waals surface area contributed by atoms with Crippen LogP contribution in [0.3, 0.4) is 0 Å². The van der Waals surface area contributed by atoms with E-state index in [4.69, 9.17) is 0 Å². The van der Waals surface area contributed by atoms with Gasteiger partial charge in [-0.3, -0.25) is 0 Å². The Hall–Kier alpha value is -1.77. The maximum atomic E-state index is 11.2. The Labute approximate surface area is 95.4 Å². The van der Waals surface area contributed by atoms with E-state index in [0.29, 0.717) is 0 Å². The van der Waals surface area contributed by atoms with Gasteiger partial charge in [0.2, 0.25) is 0 Å². The van der Waals surface area contributed by atoms with Gasteiger partial charge in [0.1, 0.15) is 5.75 Å². The number of hydrogen-bond donors (Lipinski definition) is 1. The molecule has 0 heterocycles. The molecule has 0 fully saturated rings. The summed E-state index contributed by atoms with van der Waals surface area (Å²) in [5.74, 6) is 0.0605. The lowest BCUT2D eigenvalue weighted by Crippen LogP contribution is -2.01. The van der Waals surface area contributed by atoms with Gasteiger partial charge in [-0.2, -0.15) is 0 Å². The van der Waals surface area contributed by atoms with Gasteiger partial charge in [-0.05, 0) is 29.2 Å². The van der Waals surface area contributed by atoms with Crippen LogP contribution < -0.4 is 0 Å². The number of methoxy groups -OCH3 is 1. The van der Waals surface area contributed by atoms with E-state index in [1.54, 1.807) is 24.3 Å². The van der Waals surface area contributed by atoms with Gasteiger partial charge in [0.25, 0.3) is 0 Å². The molecule has 1 aromatic carbocycles. The predicted octanol–water partition coefficient (Wildman–Crippen LogP) is 2.60. The Morgan fingerprint density at radius 3 is 2.31 bits per heavy atom. The zero-order valence-electron chi connectivity index (χ0n) is 9.73. The molecule has 0 unspecified atom stereocenters. The molecule has 1 rings (SSSR count). The maximum Gasteiger partial charge on any atom is 0.330 e. The summed E-state index contributed by atoms with van der Waals surface area (Å²) in [5.41, 5.74) is 1.81. The van der Waals surface area contributed by atoms with Gasteiger partial charge in [-0.15, -0.1) is 0 Å². The van der Waals surface area contributed by atoms with Crippen LogP contribution in [-0.4, -0.2) is 18.2 Å².